The predicted octanol–water partition coefficient (Wildman–Crippen LogP) is 5.13. The van der Waals surface area contributed by atoms with Crippen LogP contribution in [0.25, 0.3) is 0 Å². The van der Waals surface area contributed by atoms with Gasteiger partial charge in [0.1, 0.15) is 18.1 Å². The third kappa shape index (κ3) is 17.8. The van der Waals surface area contributed by atoms with Crippen molar-refractivity contribution in [3.05, 3.63) is 100 Å². The number of rotatable bonds is 23. The number of thioether (sulfide) groups is 1. The standard InChI is InChI=1S/C56H73FN10O7S/c1-55(2,21-24-60-48(68)10-6-5-9-47-51-46(38-75-47)63-54(72)64-51)73-31-22-56(3,4)74-37-49(69)59-23-7-8-42-32-43(53(71)67-29-27-66(28-30-67)36-41-15-17-44(57)18-16-41)34-61-50(42)52(70)62-45-19-25-65(26-20-45)35-40-13-11-39(33-58)12-14-40/h11-18,32,34,45-47,51H,5-6,9-10,19-31,35-38H2,1-4H3,(H,59,69)(H,60,68)(H,62,70)(H2,63,64,72)/t46-,47-,51-/m0/s1. The quantitative estimate of drug-likeness (QED) is 0.0476. The van der Waals surface area contributed by atoms with Gasteiger partial charge in [-0.15, -0.1) is 0 Å². The Kier molecular flexibility index (Phi) is 20.5. The number of ether oxygens (including phenoxy) is 2. The van der Waals surface area contributed by atoms with Crippen LogP contribution in [0.4, 0.5) is 9.18 Å². The van der Waals surface area contributed by atoms with Crippen LogP contribution in [0.15, 0.2) is 60.8 Å². The van der Waals surface area contributed by atoms with E-state index in [9.17, 15) is 28.4 Å². The first-order chi connectivity index (χ1) is 36.0. The van der Waals surface area contributed by atoms with Crippen LogP contribution in [0.1, 0.15) is 122 Å². The molecular formula is C56H73FN10O7S. The van der Waals surface area contributed by atoms with Crippen LogP contribution in [0.3, 0.4) is 0 Å². The van der Waals surface area contributed by atoms with Crippen molar-refractivity contribution in [2.75, 3.05) is 71.3 Å². The summed E-state index contributed by atoms with van der Waals surface area (Å²) in [6.45, 7) is 13.6. The van der Waals surface area contributed by atoms with E-state index in [0.29, 0.717) is 81.5 Å². The normalized spacial score (nSPS) is 19.2. The van der Waals surface area contributed by atoms with E-state index in [1.54, 1.807) is 23.1 Å². The van der Waals surface area contributed by atoms with Gasteiger partial charge in [-0.05, 0) is 108 Å². The number of halogens is 1. The number of aromatic nitrogens is 1. The average molecular weight is 1050 g/mol. The van der Waals surface area contributed by atoms with Gasteiger partial charge < -0.3 is 41.0 Å². The van der Waals surface area contributed by atoms with Gasteiger partial charge in [-0.25, -0.2) is 14.2 Å². The molecule has 3 aromatic rings. The molecule has 0 spiro atoms. The molecule has 75 heavy (non-hydrogen) atoms. The molecule has 7 rings (SSSR count). The Balaban J connectivity index is 0.845. The number of hydrogen-bond donors (Lipinski definition) is 5. The van der Waals surface area contributed by atoms with E-state index in [4.69, 9.17) is 14.7 Å². The van der Waals surface area contributed by atoms with Crippen molar-refractivity contribution in [1.82, 2.24) is 46.3 Å². The molecule has 0 radical (unpaired) electrons. The Bertz CT molecular complexity index is 2550. The zero-order valence-corrected chi connectivity index (χ0v) is 44.6. The minimum Gasteiger partial charge on any atom is -0.375 e. The lowest BCUT2D eigenvalue weighted by Crippen LogP contribution is -2.48. The molecular weight excluding hydrogens is 976 g/mol. The van der Waals surface area contributed by atoms with Crippen LogP contribution < -0.4 is 26.6 Å². The molecule has 4 saturated heterocycles. The summed E-state index contributed by atoms with van der Waals surface area (Å²) in [5.41, 5.74) is 2.22. The summed E-state index contributed by atoms with van der Waals surface area (Å²) in [5, 5.41) is 24.4. The molecule has 2 aromatic carbocycles. The average Bonchev–Trinajstić information content (AvgIpc) is 3.96. The first kappa shape index (κ1) is 56.6. The van der Waals surface area contributed by atoms with Gasteiger partial charge in [0.15, 0.2) is 0 Å². The van der Waals surface area contributed by atoms with Gasteiger partial charge in [0, 0.05) is 88.6 Å². The fraction of sp³-hybridized carbons (Fsp3) is 0.554. The van der Waals surface area contributed by atoms with Gasteiger partial charge in [-0.2, -0.15) is 17.0 Å². The predicted molar refractivity (Wildman–Crippen MR) is 285 cm³/mol. The number of pyridine rings is 1. The molecule has 5 heterocycles. The maximum atomic E-state index is 13.9. The van der Waals surface area contributed by atoms with E-state index in [-0.39, 0.29) is 72.1 Å². The summed E-state index contributed by atoms with van der Waals surface area (Å²) < 4.78 is 25.6. The number of carbonyl (C=O) groups is 5. The summed E-state index contributed by atoms with van der Waals surface area (Å²) in [5.74, 6) is 5.64. The number of likely N-dealkylation sites (tertiary alicyclic amines) is 1. The van der Waals surface area contributed by atoms with Crippen LogP contribution in [0.5, 0.6) is 0 Å². The molecule has 0 unspecified atom stereocenters. The number of piperazine rings is 1. The Morgan fingerprint density at radius 3 is 2.24 bits per heavy atom. The topological polar surface area (TPSA) is 210 Å². The maximum absolute atomic E-state index is 13.9. The van der Waals surface area contributed by atoms with E-state index in [0.717, 1.165) is 68.6 Å². The van der Waals surface area contributed by atoms with Gasteiger partial charge in [0.25, 0.3) is 11.8 Å². The molecule has 0 bridgehead atoms. The number of urea groups is 1. The van der Waals surface area contributed by atoms with E-state index in [2.05, 4.69) is 59.3 Å². The molecule has 17 nitrogen and oxygen atoms in total. The lowest BCUT2D eigenvalue weighted by Gasteiger charge is -2.34. The van der Waals surface area contributed by atoms with Crippen LogP contribution in [0, 0.1) is 29.0 Å². The minimum atomic E-state index is -0.678. The number of fused-ring (bicyclic) bond motifs is 1. The fourth-order valence-electron chi connectivity index (χ4n) is 9.61. The van der Waals surface area contributed by atoms with Crippen molar-refractivity contribution >= 4 is 41.4 Å². The number of carbonyl (C=O) groups excluding carboxylic acids is 5. The van der Waals surface area contributed by atoms with Crippen molar-refractivity contribution in [2.24, 2.45) is 0 Å². The van der Waals surface area contributed by atoms with Gasteiger partial charge in [0.05, 0.1) is 59.2 Å². The smallest absolute Gasteiger partial charge is 0.315 e. The maximum Gasteiger partial charge on any atom is 0.315 e. The molecule has 3 atom stereocenters. The first-order valence-electron chi connectivity index (χ1n) is 26.3. The Morgan fingerprint density at radius 2 is 1.53 bits per heavy atom. The summed E-state index contributed by atoms with van der Waals surface area (Å²) in [6, 6.07) is 17.9. The molecule has 0 aliphatic carbocycles. The van der Waals surface area contributed by atoms with E-state index < -0.39 is 17.1 Å². The molecule has 6 amide bonds. The molecule has 5 N–H and O–H groups in total. The Morgan fingerprint density at radius 1 is 0.853 bits per heavy atom. The lowest BCUT2D eigenvalue weighted by atomic mass is 10.0. The van der Waals surface area contributed by atoms with Gasteiger partial charge >= 0.3 is 6.03 Å². The van der Waals surface area contributed by atoms with E-state index in [1.165, 1.54) is 18.3 Å². The van der Waals surface area contributed by atoms with Gasteiger partial charge in [-0.3, -0.25) is 29.0 Å². The second-order valence-corrected chi connectivity index (χ2v) is 22.4. The third-order valence-electron chi connectivity index (χ3n) is 14.3. The summed E-state index contributed by atoms with van der Waals surface area (Å²) >= 11 is 1.88. The molecule has 4 aliphatic heterocycles. The molecule has 1 aromatic heterocycles. The zero-order valence-electron chi connectivity index (χ0n) is 43.8. The highest BCUT2D eigenvalue weighted by atomic mass is 32.2. The number of benzene rings is 2. The highest BCUT2D eigenvalue weighted by Crippen LogP contribution is 2.33. The monoisotopic (exact) mass is 1050 g/mol. The third-order valence-corrected chi connectivity index (χ3v) is 15.8. The number of hydrogen-bond acceptors (Lipinski definition) is 12. The zero-order chi connectivity index (χ0) is 53.4. The second-order valence-electron chi connectivity index (χ2n) is 21.1. The van der Waals surface area contributed by atoms with Crippen molar-refractivity contribution < 1.29 is 37.8 Å². The molecule has 19 heteroatoms. The fourth-order valence-corrected chi connectivity index (χ4v) is 11.2. The molecule has 4 fully saturated rings. The number of nitrogens with zero attached hydrogens (tertiary/aromatic N) is 5. The highest BCUT2D eigenvalue weighted by molar-refractivity contribution is 8.00. The summed E-state index contributed by atoms with van der Waals surface area (Å²) in [4.78, 5) is 75.6. The number of amides is 6. The SMILES string of the molecule is CC(C)(CCNC(=O)CCCC[C@@H]1SC[C@@H]2NC(=O)N[C@@H]21)OCCC(C)(C)OCC(=O)NCC#Cc1cc(C(=O)N2CCN(Cc3ccc(F)cc3)CC2)cnc1C(=O)NC1CCN(Cc2ccc(C#N)cc2)CC1. The molecule has 0 saturated carbocycles. The van der Waals surface area contributed by atoms with Gasteiger partial charge in [-0.1, -0.05) is 42.5 Å². The molecule has 402 valence electrons. The molecule has 4 aliphatic rings. The number of nitriles is 1. The van der Waals surface area contributed by atoms with Crippen molar-refractivity contribution in [3.63, 3.8) is 0 Å². The van der Waals surface area contributed by atoms with Crippen LogP contribution in [-0.2, 0) is 32.2 Å². The van der Waals surface area contributed by atoms with Crippen LogP contribution in [0.2, 0.25) is 0 Å². The van der Waals surface area contributed by atoms with Crippen LogP contribution >= 0.6 is 11.8 Å². The largest absolute Gasteiger partial charge is 0.375 e. The highest BCUT2D eigenvalue weighted by Gasteiger charge is 2.42. The second kappa shape index (κ2) is 27.1. The van der Waals surface area contributed by atoms with Crippen molar-refractivity contribution in [1.29, 1.82) is 5.26 Å². The minimum absolute atomic E-state index is 0.0201. The number of unbranched alkanes of at least 4 members (excludes halogenated alkanes) is 1. The Hall–Kier alpha value is -6.09. The summed E-state index contributed by atoms with van der Waals surface area (Å²) in [7, 11) is 0. The van der Waals surface area contributed by atoms with Crippen molar-refractivity contribution in [2.45, 2.75) is 127 Å². The van der Waals surface area contributed by atoms with Crippen LogP contribution in [-0.4, -0.2) is 155 Å². The Labute approximate surface area is 445 Å². The van der Waals surface area contributed by atoms with E-state index in [1.807, 2.05) is 63.7 Å². The number of nitrogens with one attached hydrogen (secondary N) is 5. The van der Waals surface area contributed by atoms with Crippen molar-refractivity contribution in [3.8, 4) is 17.9 Å². The lowest BCUT2D eigenvalue weighted by molar-refractivity contribution is -0.133. The number of piperidine rings is 1. The van der Waals surface area contributed by atoms with E-state index >= 15 is 0 Å². The first-order valence-corrected chi connectivity index (χ1v) is 27.3. The summed E-state index contributed by atoms with van der Waals surface area (Å²) in [6.07, 6.45) is 7.20. The van der Waals surface area contributed by atoms with Gasteiger partial charge in [0.2, 0.25) is 11.8 Å².